The average molecular weight is 1130 g/mol. The fraction of sp³-hybridized carbons (Fsp3) is 0.800. The van der Waals surface area contributed by atoms with Crippen LogP contribution in [0.4, 0.5) is 0 Å². The number of allylic oxidation sites excluding steroid dienone is 12. The fourth-order valence-electron chi connectivity index (χ4n) is 10.4. The highest BCUT2D eigenvalue weighted by Gasteiger charge is 2.19. The number of esters is 3. The van der Waals surface area contributed by atoms with E-state index in [4.69, 9.17) is 14.2 Å². The van der Waals surface area contributed by atoms with Gasteiger partial charge in [-0.2, -0.15) is 0 Å². The molecule has 0 aromatic rings. The summed E-state index contributed by atoms with van der Waals surface area (Å²) in [5.74, 6) is -0.882. The van der Waals surface area contributed by atoms with Crippen LogP contribution in [0.1, 0.15) is 367 Å². The van der Waals surface area contributed by atoms with Crippen LogP contribution >= 0.6 is 0 Å². The zero-order chi connectivity index (χ0) is 58.5. The molecule has 0 saturated heterocycles. The van der Waals surface area contributed by atoms with Gasteiger partial charge in [-0.1, -0.05) is 331 Å². The minimum atomic E-state index is -0.787. The summed E-state index contributed by atoms with van der Waals surface area (Å²) in [5.41, 5.74) is 0. The molecule has 0 bridgehead atoms. The van der Waals surface area contributed by atoms with Gasteiger partial charge in [0, 0.05) is 19.3 Å². The van der Waals surface area contributed by atoms with Crippen LogP contribution in [0.2, 0.25) is 0 Å². The highest BCUT2D eigenvalue weighted by Crippen LogP contribution is 2.18. The van der Waals surface area contributed by atoms with Gasteiger partial charge in [0.1, 0.15) is 13.2 Å². The molecule has 81 heavy (non-hydrogen) atoms. The smallest absolute Gasteiger partial charge is 0.306 e. The van der Waals surface area contributed by atoms with Gasteiger partial charge in [-0.05, 0) is 89.9 Å². The lowest BCUT2D eigenvalue weighted by molar-refractivity contribution is -0.167. The van der Waals surface area contributed by atoms with Crippen LogP contribution in [0.3, 0.4) is 0 Å². The molecule has 0 aliphatic heterocycles. The molecule has 6 nitrogen and oxygen atoms in total. The molecule has 0 aromatic carbocycles. The van der Waals surface area contributed by atoms with E-state index in [1.54, 1.807) is 0 Å². The van der Waals surface area contributed by atoms with E-state index in [0.717, 1.165) is 109 Å². The summed E-state index contributed by atoms with van der Waals surface area (Å²) < 4.78 is 17.0. The predicted octanol–water partition coefficient (Wildman–Crippen LogP) is 24.4. The van der Waals surface area contributed by atoms with Crippen molar-refractivity contribution >= 4 is 17.9 Å². The molecule has 1 atom stereocenters. The van der Waals surface area contributed by atoms with Crippen LogP contribution in [0, 0.1) is 0 Å². The molecule has 0 radical (unpaired) electrons. The SMILES string of the molecule is CC/C=C\C/C=C\C/C=C\C/C=C\CCCCCCCCCCC(=O)OC(COC(=O)CCCCCCC/C=C\C/C=C\CCCCC)COC(=O)CCCCCCCCCCCCCCCCCCCCCCCCCCCCC. The van der Waals surface area contributed by atoms with E-state index in [-0.39, 0.29) is 31.1 Å². The molecular formula is C75H134O6. The molecule has 0 spiro atoms. The Labute approximate surface area is 503 Å². The second kappa shape index (κ2) is 69.3. The largest absolute Gasteiger partial charge is 0.462 e. The normalized spacial score (nSPS) is 12.5. The minimum absolute atomic E-state index is 0.0800. The van der Waals surface area contributed by atoms with Gasteiger partial charge in [0.25, 0.3) is 0 Å². The van der Waals surface area contributed by atoms with Crippen molar-refractivity contribution in [2.75, 3.05) is 13.2 Å². The Morgan fingerprint density at radius 2 is 0.481 bits per heavy atom. The van der Waals surface area contributed by atoms with Gasteiger partial charge in [-0.3, -0.25) is 14.4 Å². The topological polar surface area (TPSA) is 78.9 Å². The summed E-state index contributed by atoms with van der Waals surface area (Å²) in [6.07, 6.45) is 90.8. The van der Waals surface area contributed by atoms with Crippen molar-refractivity contribution in [2.24, 2.45) is 0 Å². The van der Waals surface area contributed by atoms with Crippen molar-refractivity contribution < 1.29 is 28.6 Å². The summed E-state index contributed by atoms with van der Waals surface area (Å²) in [6, 6.07) is 0. The Morgan fingerprint density at radius 1 is 0.259 bits per heavy atom. The molecule has 0 N–H and O–H groups in total. The number of carbonyl (C=O) groups is 3. The molecule has 6 heteroatoms. The molecule has 0 aliphatic carbocycles. The van der Waals surface area contributed by atoms with Crippen molar-refractivity contribution in [3.05, 3.63) is 72.9 Å². The van der Waals surface area contributed by atoms with Crippen molar-refractivity contribution in [1.82, 2.24) is 0 Å². The molecule has 0 aromatic heterocycles. The molecule has 0 amide bonds. The van der Waals surface area contributed by atoms with Gasteiger partial charge in [-0.15, -0.1) is 0 Å². The summed E-state index contributed by atoms with van der Waals surface area (Å²) in [5, 5.41) is 0. The molecule has 0 fully saturated rings. The Bertz CT molecular complexity index is 1490. The first-order valence-corrected chi connectivity index (χ1v) is 35.4. The van der Waals surface area contributed by atoms with Crippen molar-refractivity contribution in [1.29, 1.82) is 0 Å². The van der Waals surface area contributed by atoms with E-state index in [2.05, 4.69) is 93.7 Å². The second-order valence-electron chi connectivity index (χ2n) is 23.8. The van der Waals surface area contributed by atoms with E-state index in [1.165, 1.54) is 218 Å². The summed E-state index contributed by atoms with van der Waals surface area (Å²) in [4.78, 5) is 38.4. The maximum Gasteiger partial charge on any atom is 0.306 e. The number of rotatable bonds is 65. The van der Waals surface area contributed by atoms with E-state index in [0.29, 0.717) is 19.3 Å². The molecule has 0 rings (SSSR count). The van der Waals surface area contributed by atoms with Crippen LogP contribution in [-0.2, 0) is 28.6 Å². The van der Waals surface area contributed by atoms with Crippen LogP contribution in [0.25, 0.3) is 0 Å². The van der Waals surface area contributed by atoms with Gasteiger partial charge in [0.2, 0.25) is 0 Å². The quantitative estimate of drug-likeness (QED) is 0.0261. The molecule has 470 valence electrons. The minimum Gasteiger partial charge on any atom is -0.462 e. The van der Waals surface area contributed by atoms with E-state index in [1.807, 2.05) is 0 Å². The van der Waals surface area contributed by atoms with Crippen LogP contribution in [0.5, 0.6) is 0 Å². The predicted molar refractivity (Wildman–Crippen MR) is 353 cm³/mol. The Balaban J connectivity index is 4.28. The first-order chi connectivity index (χ1) is 40.0. The summed E-state index contributed by atoms with van der Waals surface area (Å²) in [7, 11) is 0. The van der Waals surface area contributed by atoms with Crippen LogP contribution < -0.4 is 0 Å². The number of hydrogen-bond acceptors (Lipinski definition) is 6. The maximum atomic E-state index is 13.0. The highest BCUT2D eigenvalue weighted by molar-refractivity contribution is 5.71. The molecule has 0 aliphatic rings. The number of ether oxygens (including phenoxy) is 3. The van der Waals surface area contributed by atoms with Crippen molar-refractivity contribution in [2.45, 2.75) is 374 Å². The molecule has 0 heterocycles. The van der Waals surface area contributed by atoms with Crippen molar-refractivity contribution in [3.63, 3.8) is 0 Å². The first kappa shape index (κ1) is 77.9. The lowest BCUT2D eigenvalue weighted by Gasteiger charge is -2.18. The lowest BCUT2D eigenvalue weighted by atomic mass is 10.0. The third-order valence-electron chi connectivity index (χ3n) is 15.7. The van der Waals surface area contributed by atoms with Gasteiger partial charge in [0.05, 0.1) is 0 Å². The Kier molecular flexibility index (Phi) is 66.6. The second-order valence-corrected chi connectivity index (χ2v) is 23.8. The van der Waals surface area contributed by atoms with Crippen LogP contribution in [-0.4, -0.2) is 37.2 Å². The van der Waals surface area contributed by atoms with Gasteiger partial charge < -0.3 is 14.2 Å². The first-order valence-electron chi connectivity index (χ1n) is 35.4. The zero-order valence-electron chi connectivity index (χ0n) is 54.1. The summed E-state index contributed by atoms with van der Waals surface area (Å²) in [6.45, 7) is 6.54. The van der Waals surface area contributed by atoms with Gasteiger partial charge in [-0.25, -0.2) is 0 Å². The summed E-state index contributed by atoms with van der Waals surface area (Å²) >= 11 is 0. The zero-order valence-corrected chi connectivity index (χ0v) is 54.1. The fourth-order valence-corrected chi connectivity index (χ4v) is 10.4. The number of hydrogen-bond donors (Lipinski definition) is 0. The van der Waals surface area contributed by atoms with Gasteiger partial charge >= 0.3 is 17.9 Å². The molecule has 1 unspecified atom stereocenters. The number of carbonyl (C=O) groups excluding carboxylic acids is 3. The maximum absolute atomic E-state index is 13.0. The standard InChI is InChI=1S/C75H134O6/c1-4-7-10-13-16-19-22-25-28-30-32-34-35-36-37-38-39-41-42-44-47-50-53-56-59-62-65-68-74(77)80-71-72(70-79-73(76)67-64-61-58-55-52-49-46-27-24-21-18-15-12-9-6-3)81-75(78)69-66-63-60-57-54-51-48-45-43-40-33-31-29-26-23-20-17-14-11-8-5-2/h8,11,17-18,20-21,26-27,29,33,40,46,72H,4-7,9-10,12-16,19,22-25,28,30-32,34-39,41-45,47-71H2,1-3H3/b11-8-,20-17-,21-18-,29-26-,40-33-,46-27-. The average Bonchev–Trinajstić information content (AvgIpc) is 3.47. The Morgan fingerprint density at radius 3 is 0.778 bits per heavy atom. The molecule has 0 saturated carbocycles. The lowest BCUT2D eigenvalue weighted by Crippen LogP contribution is -2.30. The Hall–Kier alpha value is -3.15. The van der Waals surface area contributed by atoms with Gasteiger partial charge in [0.15, 0.2) is 6.10 Å². The molecular weight excluding hydrogens is 997 g/mol. The monoisotopic (exact) mass is 1130 g/mol. The van der Waals surface area contributed by atoms with Crippen LogP contribution in [0.15, 0.2) is 72.9 Å². The number of unbranched alkanes of at least 4 members (excludes halogenated alkanes) is 42. The third-order valence-corrected chi connectivity index (χ3v) is 15.7. The van der Waals surface area contributed by atoms with E-state index in [9.17, 15) is 14.4 Å². The van der Waals surface area contributed by atoms with E-state index < -0.39 is 6.10 Å². The van der Waals surface area contributed by atoms with Crippen molar-refractivity contribution in [3.8, 4) is 0 Å². The highest BCUT2D eigenvalue weighted by atomic mass is 16.6. The third kappa shape index (κ3) is 67.5. The van der Waals surface area contributed by atoms with E-state index >= 15 is 0 Å².